The van der Waals surface area contributed by atoms with E-state index in [0.29, 0.717) is 23.9 Å². The van der Waals surface area contributed by atoms with Gasteiger partial charge in [-0.15, -0.1) is 0 Å². The Balaban J connectivity index is 2.88. The van der Waals surface area contributed by atoms with Crippen LogP contribution < -0.4 is 5.73 Å². The van der Waals surface area contributed by atoms with Gasteiger partial charge in [-0.1, -0.05) is 37.9 Å². The first-order chi connectivity index (χ1) is 8.49. The van der Waals surface area contributed by atoms with E-state index in [1.54, 1.807) is 6.07 Å². The number of benzene rings is 1. The van der Waals surface area contributed by atoms with Crippen LogP contribution in [0, 0.1) is 11.7 Å². The lowest BCUT2D eigenvalue weighted by atomic mass is 9.87. The number of halogens is 2. The molecule has 0 aliphatic carbocycles. The zero-order valence-electron chi connectivity index (χ0n) is 10.9. The van der Waals surface area contributed by atoms with Crippen LogP contribution in [0.25, 0.3) is 0 Å². The fourth-order valence-corrected chi connectivity index (χ4v) is 2.34. The average molecular weight is 274 g/mol. The standard InChI is InChI=1S/C14H21ClFNO/c1-3-9(2)6-14(18)12(8-17)11-5-4-10(16)7-13(11)15/h4-5,7,9,12,14,18H,3,6,8,17H2,1-2H3. The van der Waals surface area contributed by atoms with Crippen molar-refractivity contribution in [3.05, 3.63) is 34.6 Å². The summed E-state index contributed by atoms with van der Waals surface area (Å²) in [5.41, 5.74) is 6.44. The summed E-state index contributed by atoms with van der Waals surface area (Å²) >= 11 is 6.01. The number of hydrogen-bond acceptors (Lipinski definition) is 2. The minimum atomic E-state index is -0.548. The van der Waals surface area contributed by atoms with Crippen molar-refractivity contribution >= 4 is 11.6 Å². The molecule has 18 heavy (non-hydrogen) atoms. The Hall–Kier alpha value is -0.640. The fourth-order valence-electron chi connectivity index (χ4n) is 2.04. The number of nitrogens with two attached hydrogens (primary N) is 1. The highest BCUT2D eigenvalue weighted by molar-refractivity contribution is 6.31. The second kappa shape index (κ2) is 7.07. The third kappa shape index (κ3) is 3.94. The lowest BCUT2D eigenvalue weighted by Gasteiger charge is -2.25. The van der Waals surface area contributed by atoms with Gasteiger partial charge in [0.1, 0.15) is 5.82 Å². The van der Waals surface area contributed by atoms with Gasteiger partial charge in [-0.05, 0) is 30.0 Å². The van der Waals surface area contributed by atoms with E-state index in [1.165, 1.54) is 12.1 Å². The molecule has 102 valence electrons. The summed E-state index contributed by atoms with van der Waals surface area (Å²) in [4.78, 5) is 0. The van der Waals surface area contributed by atoms with E-state index < -0.39 is 6.10 Å². The molecule has 0 spiro atoms. The lowest BCUT2D eigenvalue weighted by molar-refractivity contribution is 0.118. The molecule has 1 aromatic rings. The molecule has 3 unspecified atom stereocenters. The first kappa shape index (κ1) is 15.4. The molecule has 4 heteroatoms. The SMILES string of the molecule is CCC(C)CC(O)C(CN)c1ccc(F)cc1Cl. The summed E-state index contributed by atoms with van der Waals surface area (Å²) in [6, 6.07) is 4.21. The normalized spacial score (nSPS) is 16.3. The molecule has 1 aromatic carbocycles. The molecule has 0 aromatic heterocycles. The average Bonchev–Trinajstić information content (AvgIpc) is 2.32. The number of hydrogen-bond donors (Lipinski definition) is 2. The number of aliphatic hydroxyl groups is 1. The summed E-state index contributed by atoms with van der Waals surface area (Å²) in [5, 5.41) is 10.6. The Morgan fingerprint density at radius 2 is 2.11 bits per heavy atom. The van der Waals surface area contributed by atoms with E-state index in [9.17, 15) is 9.50 Å². The fraction of sp³-hybridized carbons (Fsp3) is 0.571. The molecule has 0 heterocycles. The molecule has 0 saturated heterocycles. The second-order valence-electron chi connectivity index (χ2n) is 4.82. The van der Waals surface area contributed by atoms with E-state index in [2.05, 4.69) is 13.8 Å². The Labute approximate surface area is 113 Å². The summed E-state index contributed by atoms with van der Waals surface area (Å²) in [6.45, 7) is 4.46. The molecule has 0 amide bonds. The van der Waals surface area contributed by atoms with Gasteiger partial charge in [0.2, 0.25) is 0 Å². The van der Waals surface area contributed by atoms with E-state index in [4.69, 9.17) is 17.3 Å². The first-order valence-corrected chi connectivity index (χ1v) is 6.70. The van der Waals surface area contributed by atoms with Crippen LogP contribution in [0.4, 0.5) is 4.39 Å². The topological polar surface area (TPSA) is 46.2 Å². The zero-order valence-corrected chi connectivity index (χ0v) is 11.6. The molecule has 3 N–H and O–H groups in total. The van der Waals surface area contributed by atoms with Crippen LogP contribution in [-0.4, -0.2) is 17.8 Å². The van der Waals surface area contributed by atoms with Crippen molar-refractivity contribution in [2.75, 3.05) is 6.54 Å². The van der Waals surface area contributed by atoms with Gasteiger partial charge in [-0.2, -0.15) is 0 Å². The van der Waals surface area contributed by atoms with Crippen molar-refractivity contribution in [2.24, 2.45) is 11.7 Å². The van der Waals surface area contributed by atoms with Crippen molar-refractivity contribution in [1.29, 1.82) is 0 Å². The minimum absolute atomic E-state index is 0.243. The highest BCUT2D eigenvalue weighted by Gasteiger charge is 2.23. The third-order valence-electron chi connectivity index (χ3n) is 3.42. The van der Waals surface area contributed by atoms with Crippen LogP contribution in [0.15, 0.2) is 18.2 Å². The van der Waals surface area contributed by atoms with Gasteiger partial charge >= 0.3 is 0 Å². The highest BCUT2D eigenvalue weighted by atomic mass is 35.5. The predicted octanol–water partition coefficient (Wildman–Crippen LogP) is 3.32. The van der Waals surface area contributed by atoms with Crippen LogP contribution in [0.1, 0.15) is 38.2 Å². The summed E-state index contributed by atoms with van der Waals surface area (Å²) < 4.78 is 13.0. The molecule has 0 saturated carbocycles. The number of aliphatic hydroxyl groups excluding tert-OH is 1. The van der Waals surface area contributed by atoms with E-state index in [-0.39, 0.29) is 11.7 Å². The van der Waals surface area contributed by atoms with Gasteiger partial charge in [0.05, 0.1) is 6.10 Å². The monoisotopic (exact) mass is 273 g/mol. The van der Waals surface area contributed by atoms with Gasteiger partial charge in [0, 0.05) is 17.5 Å². The molecule has 1 rings (SSSR count). The molecular weight excluding hydrogens is 253 g/mol. The molecule has 0 fully saturated rings. The maximum atomic E-state index is 13.0. The quantitative estimate of drug-likeness (QED) is 0.835. The maximum Gasteiger partial charge on any atom is 0.124 e. The van der Waals surface area contributed by atoms with Crippen molar-refractivity contribution in [2.45, 2.75) is 38.7 Å². The molecule has 3 atom stereocenters. The molecular formula is C14H21ClFNO. The summed E-state index contributed by atoms with van der Waals surface area (Å²) in [5.74, 6) is -0.198. The Morgan fingerprint density at radius 1 is 1.44 bits per heavy atom. The summed E-state index contributed by atoms with van der Waals surface area (Å²) in [6.07, 6.45) is 1.13. The van der Waals surface area contributed by atoms with Crippen LogP contribution in [0.5, 0.6) is 0 Å². The Bertz CT molecular complexity index is 386. The Morgan fingerprint density at radius 3 is 2.61 bits per heavy atom. The van der Waals surface area contributed by atoms with E-state index in [0.717, 1.165) is 12.0 Å². The van der Waals surface area contributed by atoms with E-state index in [1.807, 2.05) is 0 Å². The van der Waals surface area contributed by atoms with E-state index >= 15 is 0 Å². The van der Waals surface area contributed by atoms with Crippen LogP contribution >= 0.6 is 11.6 Å². The van der Waals surface area contributed by atoms with Gasteiger partial charge in [-0.3, -0.25) is 0 Å². The van der Waals surface area contributed by atoms with Gasteiger partial charge in [0.25, 0.3) is 0 Å². The minimum Gasteiger partial charge on any atom is -0.392 e. The molecule has 0 bridgehead atoms. The van der Waals surface area contributed by atoms with Crippen LogP contribution in [-0.2, 0) is 0 Å². The molecule has 0 aliphatic rings. The van der Waals surface area contributed by atoms with Crippen molar-refractivity contribution in [3.63, 3.8) is 0 Å². The van der Waals surface area contributed by atoms with Gasteiger partial charge in [0.15, 0.2) is 0 Å². The second-order valence-corrected chi connectivity index (χ2v) is 5.23. The molecule has 2 nitrogen and oxygen atoms in total. The molecule has 0 aliphatic heterocycles. The zero-order chi connectivity index (χ0) is 13.7. The largest absolute Gasteiger partial charge is 0.392 e. The van der Waals surface area contributed by atoms with Gasteiger partial charge in [-0.25, -0.2) is 4.39 Å². The highest BCUT2D eigenvalue weighted by Crippen LogP contribution is 2.30. The lowest BCUT2D eigenvalue weighted by Crippen LogP contribution is -2.27. The maximum absolute atomic E-state index is 13.0. The third-order valence-corrected chi connectivity index (χ3v) is 3.75. The smallest absolute Gasteiger partial charge is 0.124 e. The van der Waals surface area contributed by atoms with Crippen molar-refractivity contribution in [1.82, 2.24) is 0 Å². The summed E-state index contributed by atoms with van der Waals surface area (Å²) in [7, 11) is 0. The molecule has 0 radical (unpaired) electrons. The Kier molecular flexibility index (Phi) is 6.06. The van der Waals surface area contributed by atoms with Crippen LogP contribution in [0.2, 0.25) is 5.02 Å². The predicted molar refractivity (Wildman–Crippen MR) is 73.3 cm³/mol. The number of rotatable bonds is 6. The van der Waals surface area contributed by atoms with Crippen molar-refractivity contribution < 1.29 is 9.50 Å². The van der Waals surface area contributed by atoms with Crippen molar-refractivity contribution in [3.8, 4) is 0 Å². The van der Waals surface area contributed by atoms with Crippen LogP contribution in [0.3, 0.4) is 0 Å². The van der Waals surface area contributed by atoms with Gasteiger partial charge < -0.3 is 10.8 Å². The first-order valence-electron chi connectivity index (χ1n) is 6.32.